The Morgan fingerprint density at radius 3 is 3.05 bits per heavy atom. The molecule has 0 aliphatic heterocycles. The Morgan fingerprint density at radius 1 is 1.55 bits per heavy atom. The molecule has 106 valence electrons. The number of nitrogens with zero attached hydrogens (tertiary/aromatic N) is 3. The Hall–Kier alpha value is -1.47. The van der Waals surface area contributed by atoms with Crippen molar-refractivity contribution in [2.24, 2.45) is 5.10 Å². The largest absolute Gasteiger partial charge is 0.507 e. The number of benzene rings is 1. The quantitative estimate of drug-likeness (QED) is 0.636. The van der Waals surface area contributed by atoms with Gasteiger partial charge in [0.1, 0.15) is 5.75 Å². The highest BCUT2D eigenvalue weighted by Gasteiger charge is 2.04. The molecule has 5 nitrogen and oxygen atoms in total. The first kappa shape index (κ1) is 14.9. The summed E-state index contributed by atoms with van der Waals surface area (Å²) in [6, 6.07) is 5.17. The number of phenolic OH excluding ortho intramolecular Hbond substituents is 1. The standard InChI is InChI=1S/C13H15BrN4OS/c1-2-3-4-12-16-17-13(20)18(12)15-8-9-5-6-11(19)10(14)7-9/h5-8,19H,2-4H2,1H3,(H,17,20)/b15-8-. The van der Waals surface area contributed by atoms with Crippen molar-refractivity contribution in [3.8, 4) is 5.75 Å². The molecule has 2 aromatic rings. The van der Waals surface area contributed by atoms with E-state index in [1.807, 2.05) is 0 Å². The van der Waals surface area contributed by atoms with Crippen LogP contribution < -0.4 is 0 Å². The number of phenols is 1. The zero-order chi connectivity index (χ0) is 14.5. The highest BCUT2D eigenvalue weighted by atomic mass is 79.9. The van der Waals surface area contributed by atoms with Crippen molar-refractivity contribution in [1.82, 2.24) is 14.9 Å². The summed E-state index contributed by atoms with van der Waals surface area (Å²) < 4.78 is 2.74. The number of aromatic amines is 1. The van der Waals surface area contributed by atoms with E-state index in [9.17, 15) is 5.11 Å². The Labute approximate surface area is 130 Å². The van der Waals surface area contributed by atoms with Gasteiger partial charge in [-0.25, -0.2) is 0 Å². The molecule has 0 bridgehead atoms. The Kier molecular flexibility index (Phi) is 5.08. The highest BCUT2D eigenvalue weighted by molar-refractivity contribution is 9.10. The van der Waals surface area contributed by atoms with E-state index < -0.39 is 0 Å². The number of unbranched alkanes of at least 4 members (excludes halogenated alkanes) is 1. The lowest BCUT2D eigenvalue weighted by molar-refractivity contribution is 0.472. The van der Waals surface area contributed by atoms with E-state index >= 15 is 0 Å². The van der Waals surface area contributed by atoms with Gasteiger partial charge in [-0.2, -0.15) is 14.9 Å². The normalized spacial score (nSPS) is 11.3. The summed E-state index contributed by atoms with van der Waals surface area (Å²) in [6.07, 6.45) is 4.65. The monoisotopic (exact) mass is 354 g/mol. The van der Waals surface area contributed by atoms with Crippen LogP contribution >= 0.6 is 28.1 Å². The van der Waals surface area contributed by atoms with Gasteiger partial charge in [0, 0.05) is 6.42 Å². The van der Waals surface area contributed by atoms with E-state index in [1.54, 1.807) is 29.1 Å². The van der Waals surface area contributed by atoms with Crippen LogP contribution in [0.5, 0.6) is 5.75 Å². The predicted octanol–water partition coefficient (Wildman–Crippen LogP) is 3.63. The number of aromatic hydroxyl groups is 1. The number of hydrogen-bond donors (Lipinski definition) is 2. The second-order valence-electron chi connectivity index (χ2n) is 4.32. The summed E-state index contributed by atoms with van der Waals surface area (Å²) in [5.74, 6) is 1.02. The zero-order valence-corrected chi connectivity index (χ0v) is 13.4. The van der Waals surface area contributed by atoms with Gasteiger partial charge in [-0.1, -0.05) is 13.3 Å². The van der Waals surface area contributed by atoms with Crippen LogP contribution in [0.1, 0.15) is 31.2 Å². The Morgan fingerprint density at radius 2 is 2.35 bits per heavy atom. The fourth-order valence-corrected chi connectivity index (χ4v) is 2.26. The lowest BCUT2D eigenvalue weighted by atomic mass is 10.2. The van der Waals surface area contributed by atoms with E-state index in [2.05, 4.69) is 38.2 Å². The van der Waals surface area contributed by atoms with Gasteiger partial charge in [-0.05, 0) is 58.3 Å². The second kappa shape index (κ2) is 6.81. The molecule has 20 heavy (non-hydrogen) atoms. The minimum atomic E-state index is 0.200. The SMILES string of the molecule is CCCCc1n[nH]c(=S)n1/N=C\c1ccc(O)c(Br)c1. The van der Waals surface area contributed by atoms with Crippen molar-refractivity contribution in [3.05, 3.63) is 38.8 Å². The molecule has 2 rings (SSSR count). The van der Waals surface area contributed by atoms with Crippen LogP contribution in [-0.4, -0.2) is 26.2 Å². The molecular formula is C13H15BrN4OS. The van der Waals surface area contributed by atoms with Gasteiger partial charge in [0.05, 0.1) is 10.7 Å². The number of H-pyrrole nitrogens is 1. The van der Waals surface area contributed by atoms with E-state index in [0.717, 1.165) is 30.7 Å². The third-order valence-electron chi connectivity index (χ3n) is 2.77. The summed E-state index contributed by atoms with van der Waals surface area (Å²) in [6.45, 7) is 2.13. The fourth-order valence-electron chi connectivity index (χ4n) is 1.67. The Bertz CT molecular complexity index is 677. The first-order valence-electron chi connectivity index (χ1n) is 6.31. The van der Waals surface area contributed by atoms with Crippen LogP contribution in [0.3, 0.4) is 0 Å². The molecule has 0 unspecified atom stereocenters. The average Bonchev–Trinajstić information content (AvgIpc) is 2.78. The minimum absolute atomic E-state index is 0.200. The molecular weight excluding hydrogens is 340 g/mol. The van der Waals surface area contributed by atoms with Crippen LogP contribution in [0, 0.1) is 4.77 Å². The first-order valence-corrected chi connectivity index (χ1v) is 7.51. The maximum absolute atomic E-state index is 9.45. The zero-order valence-electron chi connectivity index (χ0n) is 11.0. The van der Waals surface area contributed by atoms with Crippen molar-refractivity contribution in [1.29, 1.82) is 0 Å². The molecule has 0 aliphatic carbocycles. The molecule has 1 aromatic heterocycles. The average molecular weight is 355 g/mol. The van der Waals surface area contributed by atoms with Gasteiger partial charge in [0.2, 0.25) is 4.77 Å². The van der Waals surface area contributed by atoms with E-state index in [-0.39, 0.29) is 5.75 Å². The molecule has 7 heteroatoms. The molecule has 0 radical (unpaired) electrons. The number of rotatable bonds is 5. The van der Waals surface area contributed by atoms with E-state index in [0.29, 0.717) is 9.24 Å². The van der Waals surface area contributed by atoms with Crippen LogP contribution in [0.15, 0.2) is 27.8 Å². The molecule has 0 spiro atoms. The lowest BCUT2D eigenvalue weighted by Crippen LogP contribution is -1.99. The van der Waals surface area contributed by atoms with Crippen molar-refractivity contribution >= 4 is 34.4 Å². The van der Waals surface area contributed by atoms with Crippen LogP contribution in [0.25, 0.3) is 0 Å². The van der Waals surface area contributed by atoms with Crippen molar-refractivity contribution in [3.63, 3.8) is 0 Å². The van der Waals surface area contributed by atoms with Gasteiger partial charge in [-0.15, -0.1) is 0 Å². The summed E-state index contributed by atoms with van der Waals surface area (Å²) in [7, 11) is 0. The third kappa shape index (κ3) is 3.55. The van der Waals surface area contributed by atoms with Crippen LogP contribution in [0.2, 0.25) is 0 Å². The van der Waals surface area contributed by atoms with Gasteiger partial charge < -0.3 is 5.11 Å². The summed E-state index contributed by atoms with van der Waals surface area (Å²) in [4.78, 5) is 0. The molecule has 0 aliphatic rings. The Balaban J connectivity index is 2.24. The summed E-state index contributed by atoms with van der Waals surface area (Å²) >= 11 is 8.44. The smallest absolute Gasteiger partial charge is 0.216 e. The van der Waals surface area contributed by atoms with Gasteiger partial charge in [0.25, 0.3) is 0 Å². The molecule has 0 amide bonds. The highest BCUT2D eigenvalue weighted by Crippen LogP contribution is 2.23. The molecule has 1 aromatic carbocycles. The molecule has 1 heterocycles. The van der Waals surface area contributed by atoms with E-state index in [4.69, 9.17) is 12.2 Å². The number of aromatic nitrogens is 3. The lowest BCUT2D eigenvalue weighted by Gasteiger charge is -2.00. The predicted molar refractivity (Wildman–Crippen MR) is 84.8 cm³/mol. The van der Waals surface area contributed by atoms with Gasteiger partial charge in [-0.3, -0.25) is 5.10 Å². The summed E-state index contributed by atoms with van der Waals surface area (Å²) in [5.41, 5.74) is 0.860. The molecule has 0 saturated carbocycles. The first-order chi connectivity index (χ1) is 9.61. The van der Waals surface area contributed by atoms with Crippen molar-refractivity contribution in [2.75, 3.05) is 0 Å². The number of halogens is 1. The van der Waals surface area contributed by atoms with Gasteiger partial charge in [0.15, 0.2) is 5.82 Å². The maximum atomic E-state index is 9.45. The van der Waals surface area contributed by atoms with Gasteiger partial charge >= 0.3 is 0 Å². The molecule has 0 saturated heterocycles. The second-order valence-corrected chi connectivity index (χ2v) is 5.56. The maximum Gasteiger partial charge on any atom is 0.216 e. The summed E-state index contributed by atoms with van der Waals surface area (Å²) in [5, 5.41) is 20.7. The van der Waals surface area contributed by atoms with Crippen molar-refractivity contribution < 1.29 is 5.11 Å². The number of nitrogens with one attached hydrogen (secondary N) is 1. The minimum Gasteiger partial charge on any atom is -0.507 e. The number of hydrogen-bond acceptors (Lipinski definition) is 4. The topological polar surface area (TPSA) is 66.2 Å². The van der Waals surface area contributed by atoms with Crippen LogP contribution in [0.4, 0.5) is 0 Å². The fraction of sp³-hybridized carbons (Fsp3) is 0.308. The third-order valence-corrected chi connectivity index (χ3v) is 3.66. The van der Waals surface area contributed by atoms with Crippen LogP contribution in [-0.2, 0) is 6.42 Å². The molecule has 2 N–H and O–H groups in total. The van der Waals surface area contributed by atoms with E-state index in [1.165, 1.54) is 0 Å². The molecule has 0 fully saturated rings. The van der Waals surface area contributed by atoms with Crippen molar-refractivity contribution in [2.45, 2.75) is 26.2 Å². The molecule has 0 atom stereocenters. The number of aryl methyl sites for hydroxylation is 1.